The number of hydrogen-bond donors (Lipinski definition) is 0. The summed E-state index contributed by atoms with van der Waals surface area (Å²) >= 11 is 2.07. The maximum absolute atomic E-state index is 13.6. The Bertz CT molecular complexity index is 1520. The molecule has 2 atom stereocenters. The molecule has 4 heteroatoms. The number of amides is 1. The molecule has 1 saturated heterocycles. The Labute approximate surface area is 216 Å². The van der Waals surface area contributed by atoms with Crippen LogP contribution in [-0.4, -0.2) is 11.7 Å². The molecule has 4 aromatic rings. The minimum absolute atomic E-state index is 0.0879. The zero-order valence-corrected chi connectivity index (χ0v) is 21.9. The lowest BCUT2D eigenvalue weighted by Gasteiger charge is -2.39. The first-order chi connectivity index (χ1) is 17.3. The molecule has 3 nitrogen and oxygen atoms in total. The third kappa shape index (κ3) is 2.68. The number of benzene rings is 4. The van der Waals surface area contributed by atoms with Crippen LogP contribution in [0.2, 0.25) is 0 Å². The number of fused-ring (bicyclic) bond motifs is 9. The lowest BCUT2D eigenvalue weighted by Crippen LogP contribution is -2.40. The zero-order valence-electron chi connectivity index (χ0n) is 21.0. The summed E-state index contributed by atoms with van der Waals surface area (Å²) in [6.45, 7) is 8.16. The van der Waals surface area contributed by atoms with Crippen molar-refractivity contribution in [3.05, 3.63) is 107 Å². The average Bonchev–Trinajstić information content (AvgIpc) is 3.45. The second-order valence-corrected chi connectivity index (χ2v) is 12.8. The molecule has 0 N–H and O–H groups in total. The van der Waals surface area contributed by atoms with Crippen molar-refractivity contribution in [3.8, 4) is 0 Å². The quantitative estimate of drug-likeness (QED) is 0.232. The number of rotatable bonds is 0. The van der Waals surface area contributed by atoms with Crippen LogP contribution >= 0.6 is 11.8 Å². The van der Waals surface area contributed by atoms with Gasteiger partial charge in [-0.25, -0.2) is 9.69 Å². The summed E-state index contributed by atoms with van der Waals surface area (Å²) in [5.41, 5.74) is 6.61. The van der Waals surface area contributed by atoms with E-state index in [9.17, 15) is 4.79 Å². The SMILES string of the molecule is C[C@H]1Cc2ccc3ccccc3c2C12SC21c2ccccc2N(C(=O)OC(C)(C)C)c2ccccc21. The molecule has 0 saturated carbocycles. The molecule has 1 unspecified atom stereocenters. The number of nitrogens with zero attached hydrogens (tertiary/aromatic N) is 1. The second-order valence-electron chi connectivity index (χ2n) is 11.3. The fourth-order valence-corrected chi connectivity index (χ4v) is 8.91. The summed E-state index contributed by atoms with van der Waals surface area (Å²) in [6, 6.07) is 30.3. The van der Waals surface area contributed by atoms with Gasteiger partial charge in [0.1, 0.15) is 5.60 Å². The lowest BCUT2D eigenvalue weighted by atomic mass is 9.71. The summed E-state index contributed by atoms with van der Waals surface area (Å²) in [5, 5.41) is 2.65. The molecule has 2 spiro atoms. The van der Waals surface area contributed by atoms with E-state index in [-0.39, 0.29) is 15.6 Å². The first-order valence-electron chi connectivity index (χ1n) is 12.7. The van der Waals surface area contributed by atoms with E-state index >= 15 is 0 Å². The van der Waals surface area contributed by atoms with Gasteiger partial charge in [-0.1, -0.05) is 79.7 Å². The topological polar surface area (TPSA) is 29.5 Å². The van der Waals surface area contributed by atoms with Gasteiger partial charge in [-0.05, 0) is 78.3 Å². The van der Waals surface area contributed by atoms with E-state index in [1.807, 2.05) is 32.9 Å². The third-order valence-corrected chi connectivity index (χ3v) is 10.1. The van der Waals surface area contributed by atoms with Crippen molar-refractivity contribution in [2.45, 2.75) is 49.2 Å². The monoisotopic (exact) mass is 491 g/mol. The number of carbonyl (C=O) groups excluding carboxylic acids is 1. The average molecular weight is 492 g/mol. The van der Waals surface area contributed by atoms with Crippen LogP contribution in [0.15, 0.2) is 84.9 Å². The van der Waals surface area contributed by atoms with Gasteiger partial charge in [0.05, 0.1) is 20.9 Å². The number of hydrogen-bond acceptors (Lipinski definition) is 3. The Hall–Kier alpha value is -3.24. The van der Waals surface area contributed by atoms with Gasteiger partial charge >= 0.3 is 6.09 Å². The molecule has 1 amide bonds. The predicted octanol–water partition coefficient (Wildman–Crippen LogP) is 8.30. The Morgan fingerprint density at radius 1 is 0.889 bits per heavy atom. The molecule has 1 aliphatic carbocycles. The molecule has 0 aromatic heterocycles. The fourth-order valence-electron chi connectivity index (χ4n) is 6.76. The molecule has 3 aliphatic rings. The van der Waals surface area contributed by atoms with Crippen molar-refractivity contribution in [3.63, 3.8) is 0 Å². The van der Waals surface area contributed by atoms with Crippen molar-refractivity contribution in [1.29, 1.82) is 0 Å². The zero-order chi connectivity index (χ0) is 24.9. The maximum Gasteiger partial charge on any atom is 0.419 e. The minimum atomic E-state index is -0.580. The lowest BCUT2D eigenvalue weighted by molar-refractivity contribution is 0.0597. The summed E-state index contributed by atoms with van der Waals surface area (Å²) in [5.74, 6) is 0.456. The molecule has 0 bridgehead atoms. The first-order valence-corrected chi connectivity index (χ1v) is 13.5. The standard InChI is InChI=1S/C32H29NO2S/c1-20-19-22-18-17-21-11-5-6-12-23(21)28(22)31(20)32(36-31)24-13-7-9-15-26(24)33(29(34)35-30(2,3)4)27-16-10-8-14-25(27)32/h5-18,20H,19H2,1-4H3/t20-,31?/m0/s1. The van der Waals surface area contributed by atoms with Crippen LogP contribution in [-0.2, 0) is 20.7 Å². The van der Waals surface area contributed by atoms with Crippen LogP contribution in [0.25, 0.3) is 10.8 Å². The molecule has 0 radical (unpaired) electrons. The van der Waals surface area contributed by atoms with Gasteiger partial charge in [0.15, 0.2) is 0 Å². The van der Waals surface area contributed by atoms with Crippen molar-refractivity contribution >= 4 is 40.0 Å². The number of carbonyl (C=O) groups is 1. The van der Waals surface area contributed by atoms with E-state index in [1.165, 1.54) is 33.0 Å². The van der Waals surface area contributed by atoms with Crippen LogP contribution in [0.5, 0.6) is 0 Å². The Morgan fingerprint density at radius 2 is 1.50 bits per heavy atom. The highest BCUT2D eigenvalue weighted by Gasteiger charge is 2.77. The largest absolute Gasteiger partial charge is 0.443 e. The van der Waals surface area contributed by atoms with Crippen molar-refractivity contribution in [1.82, 2.24) is 0 Å². The fraction of sp³-hybridized carbons (Fsp3) is 0.281. The van der Waals surface area contributed by atoms with Crippen LogP contribution in [0.1, 0.15) is 49.9 Å². The molecule has 180 valence electrons. The van der Waals surface area contributed by atoms with E-state index in [0.29, 0.717) is 5.92 Å². The van der Waals surface area contributed by atoms with Gasteiger partial charge in [0, 0.05) is 0 Å². The highest BCUT2D eigenvalue weighted by molar-refractivity contribution is 8.08. The van der Waals surface area contributed by atoms with Gasteiger partial charge in [0.2, 0.25) is 0 Å². The third-order valence-electron chi connectivity index (χ3n) is 8.03. The smallest absolute Gasteiger partial charge is 0.419 e. The van der Waals surface area contributed by atoms with E-state index in [0.717, 1.165) is 17.8 Å². The van der Waals surface area contributed by atoms with Crippen LogP contribution < -0.4 is 4.90 Å². The van der Waals surface area contributed by atoms with Gasteiger partial charge in [-0.2, -0.15) is 0 Å². The summed E-state index contributed by atoms with van der Waals surface area (Å²) in [6.07, 6.45) is 0.733. The molecule has 36 heavy (non-hydrogen) atoms. The van der Waals surface area contributed by atoms with Gasteiger partial charge in [-0.3, -0.25) is 0 Å². The van der Waals surface area contributed by atoms with Crippen molar-refractivity contribution < 1.29 is 9.53 Å². The van der Waals surface area contributed by atoms with E-state index < -0.39 is 5.60 Å². The Morgan fingerprint density at radius 3 is 2.17 bits per heavy atom. The molecule has 2 aliphatic heterocycles. The van der Waals surface area contributed by atoms with Crippen LogP contribution in [0, 0.1) is 5.92 Å². The van der Waals surface area contributed by atoms with E-state index in [2.05, 4.69) is 91.5 Å². The van der Waals surface area contributed by atoms with Gasteiger partial charge in [-0.15, -0.1) is 11.8 Å². The number of anilines is 2. The number of thioether (sulfide) groups is 1. The molecule has 1 fully saturated rings. The number of ether oxygens (including phenoxy) is 1. The van der Waals surface area contributed by atoms with Crippen molar-refractivity contribution in [2.75, 3.05) is 4.90 Å². The normalized spacial score (nSPS) is 22.9. The highest BCUT2D eigenvalue weighted by atomic mass is 32.2. The summed E-state index contributed by atoms with van der Waals surface area (Å²) in [4.78, 5) is 15.4. The summed E-state index contributed by atoms with van der Waals surface area (Å²) < 4.78 is 5.57. The second kappa shape index (κ2) is 7.17. The minimum Gasteiger partial charge on any atom is -0.443 e. The van der Waals surface area contributed by atoms with E-state index in [4.69, 9.17) is 4.74 Å². The van der Waals surface area contributed by atoms with Crippen LogP contribution in [0.3, 0.4) is 0 Å². The van der Waals surface area contributed by atoms with E-state index in [1.54, 1.807) is 4.90 Å². The molecule has 2 heterocycles. The molecule has 7 rings (SSSR count). The van der Waals surface area contributed by atoms with Crippen molar-refractivity contribution in [2.24, 2.45) is 5.92 Å². The molecular weight excluding hydrogens is 462 g/mol. The highest BCUT2D eigenvalue weighted by Crippen LogP contribution is 2.86. The Balaban J connectivity index is 1.51. The molecular formula is C32H29NO2S. The van der Waals surface area contributed by atoms with Gasteiger partial charge < -0.3 is 4.74 Å². The Kier molecular flexibility index (Phi) is 4.38. The molecule has 4 aromatic carbocycles. The maximum atomic E-state index is 13.6. The van der Waals surface area contributed by atoms with Crippen LogP contribution in [0.4, 0.5) is 16.2 Å². The predicted molar refractivity (Wildman–Crippen MR) is 148 cm³/mol. The summed E-state index contributed by atoms with van der Waals surface area (Å²) in [7, 11) is 0. The number of para-hydroxylation sites is 2. The van der Waals surface area contributed by atoms with Gasteiger partial charge in [0.25, 0.3) is 0 Å². The first kappa shape index (κ1) is 22.0.